The van der Waals surface area contributed by atoms with Gasteiger partial charge in [-0.25, -0.2) is 9.59 Å². The van der Waals surface area contributed by atoms with E-state index >= 15 is 0 Å². The van der Waals surface area contributed by atoms with Crippen LogP contribution in [0, 0.1) is 0 Å². The second kappa shape index (κ2) is 14.3. The molecule has 224 valence electrons. The molecule has 0 unspecified atom stereocenters. The molecule has 0 fully saturated rings. The van der Waals surface area contributed by atoms with Crippen molar-refractivity contribution in [2.75, 3.05) is 16.8 Å². The van der Waals surface area contributed by atoms with Gasteiger partial charge in [-0.15, -0.1) is 0 Å². The molecular weight excluding hydrogens is 554 g/mol. The molecule has 8 heteroatoms. The topological polar surface area (TPSA) is 119 Å². The van der Waals surface area contributed by atoms with Gasteiger partial charge in [0.2, 0.25) is 0 Å². The molecule has 1 atom stereocenters. The van der Waals surface area contributed by atoms with E-state index in [1.54, 1.807) is 29.2 Å². The summed E-state index contributed by atoms with van der Waals surface area (Å²) in [5, 5.41) is 23.7. The van der Waals surface area contributed by atoms with E-state index in [0.29, 0.717) is 11.3 Å². The number of carbonyl (C=O) groups is 3. The Labute approximate surface area is 256 Å². The second-order valence-corrected chi connectivity index (χ2v) is 10.7. The van der Waals surface area contributed by atoms with Gasteiger partial charge >= 0.3 is 12.0 Å². The van der Waals surface area contributed by atoms with Crippen molar-refractivity contribution >= 4 is 34.9 Å². The van der Waals surface area contributed by atoms with Crippen LogP contribution in [0.3, 0.4) is 0 Å². The highest BCUT2D eigenvalue weighted by Gasteiger charge is 2.19. The van der Waals surface area contributed by atoms with E-state index in [0.717, 1.165) is 40.8 Å². The minimum Gasteiger partial charge on any atom is -0.479 e. The van der Waals surface area contributed by atoms with Gasteiger partial charge in [0.1, 0.15) is 0 Å². The Bertz CT molecular complexity index is 1630. The third-order valence-electron chi connectivity index (χ3n) is 7.60. The van der Waals surface area contributed by atoms with E-state index in [1.807, 2.05) is 66.7 Å². The molecule has 8 nitrogen and oxygen atoms in total. The number of aliphatic hydroxyl groups is 1. The largest absolute Gasteiger partial charge is 0.479 e. The molecule has 0 heterocycles. The lowest BCUT2D eigenvalue weighted by Gasteiger charge is -2.24. The maximum Gasteiger partial charge on any atom is 0.334 e. The first-order valence-corrected chi connectivity index (χ1v) is 14.7. The van der Waals surface area contributed by atoms with Crippen LogP contribution in [0.1, 0.15) is 47.2 Å². The lowest BCUT2D eigenvalue weighted by atomic mass is 9.93. The molecular formula is C36H35N3O5. The maximum atomic E-state index is 13.8. The smallest absolute Gasteiger partial charge is 0.334 e. The Morgan fingerprint density at radius 2 is 1.52 bits per heavy atom. The van der Waals surface area contributed by atoms with Gasteiger partial charge in [-0.1, -0.05) is 72.8 Å². The number of aliphatic carboxylic acids is 1. The van der Waals surface area contributed by atoms with Crippen LogP contribution in [0.5, 0.6) is 0 Å². The highest BCUT2D eigenvalue weighted by molar-refractivity contribution is 6.02. The van der Waals surface area contributed by atoms with Crippen LogP contribution in [-0.4, -0.2) is 40.8 Å². The summed E-state index contributed by atoms with van der Waals surface area (Å²) < 4.78 is 0. The number of carboxylic acids is 1. The summed E-state index contributed by atoms with van der Waals surface area (Å²) in [6.07, 6.45) is 5.14. The van der Waals surface area contributed by atoms with E-state index in [2.05, 4.69) is 28.8 Å². The average molecular weight is 590 g/mol. The van der Waals surface area contributed by atoms with Gasteiger partial charge in [-0.3, -0.25) is 9.69 Å². The molecule has 0 spiro atoms. The van der Waals surface area contributed by atoms with Crippen molar-refractivity contribution in [1.82, 2.24) is 5.32 Å². The molecule has 1 aliphatic carbocycles. The number of allylic oxidation sites excluding steroid dienone is 2. The molecule has 1 aliphatic rings. The first-order chi connectivity index (χ1) is 21.4. The van der Waals surface area contributed by atoms with E-state index in [9.17, 15) is 19.5 Å². The fraction of sp³-hybridized carbons (Fsp3) is 0.194. The summed E-state index contributed by atoms with van der Waals surface area (Å²) in [7, 11) is 0. The van der Waals surface area contributed by atoms with Gasteiger partial charge in [0.15, 0.2) is 6.10 Å². The van der Waals surface area contributed by atoms with Gasteiger partial charge in [0.05, 0.1) is 13.1 Å². The first kappa shape index (κ1) is 30.3. The zero-order valence-electron chi connectivity index (χ0n) is 24.3. The minimum absolute atomic E-state index is 0.242. The van der Waals surface area contributed by atoms with Crippen LogP contribution in [0.4, 0.5) is 16.2 Å². The number of nitrogens with zero attached hydrogens (tertiary/aromatic N) is 1. The number of amides is 3. The predicted octanol–water partition coefficient (Wildman–Crippen LogP) is 6.73. The Morgan fingerprint density at radius 1 is 0.795 bits per heavy atom. The van der Waals surface area contributed by atoms with Crippen LogP contribution >= 0.6 is 0 Å². The predicted molar refractivity (Wildman–Crippen MR) is 172 cm³/mol. The highest BCUT2D eigenvalue weighted by Crippen LogP contribution is 2.29. The Hall–Kier alpha value is -5.21. The standard InChI is InChI=1S/C36H35N3O5/c40-33(35(42)43)23-37-34(41)29-16-14-25(15-17-29)24-39(32-20-18-28(19-21-32)26-8-3-1-4-9-26)36(44)38-31-13-7-12-30(22-31)27-10-5-2-6-11-27/h2,5-8,10-22,33,40H,1,3-4,9,23-24H2,(H,37,41)(H,38,44)(H,42,43)/t33-/m1/s1. The fourth-order valence-electron chi connectivity index (χ4n) is 5.16. The molecule has 0 saturated heterocycles. The molecule has 4 aromatic carbocycles. The van der Waals surface area contributed by atoms with Gasteiger partial charge in [-0.2, -0.15) is 0 Å². The van der Waals surface area contributed by atoms with Gasteiger partial charge in [0, 0.05) is 16.9 Å². The lowest BCUT2D eigenvalue weighted by Crippen LogP contribution is -2.36. The van der Waals surface area contributed by atoms with E-state index in [4.69, 9.17) is 5.11 Å². The van der Waals surface area contributed by atoms with Crippen molar-refractivity contribution in [3.8, 4) is 11.1 Å². The van der Waals surface area contributed by atoms with E-state index in [1.165, 1.54) is 18.4 Å². The van der Waals surface area contributed by atoms with Gasteiger partial charge in [-0.05, 0) is 89.9 Å². The molecule has 44 heavy (non-hydrogen) atoms. The molecule has 0 bridgehead atoms. The third kappa shape index (κ3) is 7.79. The molecule has 0 aliphatic heterocycles. The quantitative estimate of drug-likeness (QED) is 0.164. The Morgan fingerprint density at radius 3 is 2.20 bits per heavy atom. The monoisotopic (exact) mass is 589 g/mol. The van der Waals surface area contributed by atoms with Gasteiger partial charge < -0.3 is 20.8 Å². The fourth-order valence-corrected chi connectivity index (χ4v) is 5.16. The lowest BCUT2D eigenvalue weighted by molar-refractivity contribution is -0.146. The van der Waals surface area contributed by atoms with Crippen molar-refractivity contribution in [3.05, 3.63) is 126 Å². The number of benzene rings is 4. The number of aliphatic hydroxyl groups excluding tert-OH is 1. The normalized spacial score (nSPS) is 13.3. The van der Waals surface area contributed by atoms with E-state index in [-0.39, 0.29) is 12.6 Å². The number of rotatable bonds is 10. The van der Waals surface area contributed by atoms with E-state index < -0.39 is 24.5 Å². The number of hydrogen-bond donors (Lipinski definition) is 4. The van der Waals surface area contributed by atoms with Crippen molar-refractivity contribution < 1.29 is 24.6 Å². The first-order valence-electron chi connectivity index (χ1n) is 14.7. The molecule has 3 amide bonds. The molecule has 0 radical (unpaired) electrons. The van der Waals surface area contributed by atoms with Crippen LogP contribution in [0.2, 0.25) is 0 Å². The summed E-state index contributed by atoms with van der Waals surface area (Å²) in [6, 6.07) is 32.1. The number of nitrogens with one attached hydrogen (secondary N) is 2. The summed E-state index contributed by atoms with van der Waals surface area (Å²) in [4.78, 5) is 38.7. The maximum absolute atomic E-state index is 13.8. The second-order valence-electron chi connectivity index (χ2n) is 10.7. The SMILES string of the molecule is O=C(NC[C@@H](O)C(=O)O)c1ccc(CN(C(=O)Nc2cccc(-c3ccccc3)c2)c2ccc(C3=CCCCC3)cc2)cc1. The minimum atomic E-state index is -1.68. The molecule has 5 rings (SSSR count). The zero-order chi connectivity index (χ0) is 30.9. The Balaban J connectivity index is 1.36. The summed E-state index contributed by atoms with van der Waals surface area (Å²) in [6.45, 7) is -0.159. The highest BCUT2D eigenvalue weighted by atomic mass is 16.4. The van der Waals surface area contributed by atoms with Gasteiger partial charge in [0.25, 0.3) is 5.91 Å². The molecule has 0 saturated carbocycles. The summed E-state index contributed by atoms with van der Waals surface area (Å²) >= 11 is 0. The van der Waals surface area contributed by atoms with Crippen LogP contribution in [0.25, 0.3) is 16.7 Å². The number of anilines is 2. The number of carboxylic acid groups (broad SMARTS) is 1. The summed E-state index contributed by atoms with van der Waals surface area (Å²) in [5.41, 5.74) is 7.03. The molecule has 4 aromatic rings. The third-order valence-corrected chi connectivity index (χ3v) is 7.60. The van der Waals surface area contributed by atoms with Crippen LogP contribution in [0.15, 0.2) is 109 Å². The van der Waals surface area contributed by atoms with Crippen LogP contribution < -0.4 is 15.5 Å². The Kier molecular flexibility index (Phi) is 9.84. The summed E-state index contributed by atoms with van der Waals surface area (Å²) in [5.74, 6) is -1.91. The molecule has 0 aromatic heterocycles. The molecule has 4 N–H and O–H groups in total. The zero-order valence-corrected chi connectivity index (χ0v) is 24.3. The number of hydrogen-bond acceptors (Lipinski definition) is 4. The van der Waals surface area contributed by atoms with Crippen molar-refractivity contribution in [2.45, 2.75) is 38.3 Å². The van der Waals surface area contributed by atoms with Crippen LogP contribution in [-0.2, 0) is 11.3 Å². The van der Waals surface area contributed by atoms with Crippen molar-refractivity contribution in [3.63, 3.8) is 0 Å². The number of carbonyl (C=O) groups excluding carboxylic acids is 2. The average Bonchev–Trinajstić information content (AvgIpc) is 3.07. The van der Waals surface area contributed by atoms with Crippen molar-refractivity contribution in [1.29, 1.82) is 0 Å². The number of urea groups is 1. The van der Waals surface area contributed by atoms with Crippen molar-refractivity contribution in [2.24, 2.45) is 0 Å².